The van der Waals surface area contributed by atoms with Gasteiger partial charge in [-0.25, -0.2) is 9.97 Å². The van der Waals surface area contributed by atoms with Crippen LogP contribution in [0.25, 0.3) is 0 Å². The minimum Gasteiger partial charge on any atom is -0.344 e. The van der Waals surface area contributed by atoms with Gasteiger partial charge >= 0.3 is 0 Å². The lowest BCUT2D eigenvalue weighted by atomic mass is 10.3. The third-order valence-electron chi connectivity index (χ3n) is 3.37. The molecule has 0 bridgehead atoms. The van der Waals surface area contributed by atoms with Gasteiger partial charge in [-0.2, -0.15) is 0 Å². The number of nitrogens with zero attached hydrogens (tertiary/aromatic N) is 4. The highest BCUT2D eigenvalue weighted by atomic mass is 32.1. The van der Waals surface area contributed by atoms with E-state index in [0.29, 0.717) is 12.5 Å². The lowest BCUT2D eigenvalue weighted by molar-refractivity contribution is 0.112. The zero-order chi connectivity index (χ0) is 13.4. The van der Waals surface area contributed by atoms with Crippen LogP contribution in [0.15, 0.2) is 12.4 Å². The summed E-state index contributed by atoms with van der Waals surface area (Å²) in [4.78, 5) is 22.9. The molecule has 0 saturated heterocycles. The van der Waals surface area contributed by atoms with Gasteiger partial charge in [0, 0.05) is 32.4 Å². The van der Waals surface area contributed by atoms with E-state index in [1.165, 1.54) is 11.3 Å². The van der Waals surface area contributed by atoms with Gasteiger partial charge in [-0.3, -0.25) is 4.79 Å². The summed E-state index contributed by atoms with van der Waals surface area (Å²) in [6.07, 6.45) is 6.97. The third-order valence-corrected chi connectivity index (χ3v) is 4.48. The van der Waals surface area contributed by atoms with Crippen LogP contribution in [0, 0.1) is 0 Å². The van der Waals surface area contributed by atoms with Gasteiger partial charge in [0.2, 0.25) is 0 Å². The minimum atomic E-state index is 0.506. The standard InChI is InChI=1S/C13H16N4OS/c1-16-6-5-14-11(16)7-17(2)13-15-12(9-3-4-9)10(8-18)19-13/h5-6,8-9H,3-4,7H2,1-2H3. The molecule has 2 heterocycles. The molecule has 0 aliphatic heterocycles. The Hall–Kier alpha value is -1.69. The first-order chi connectivity index (χ1) is 9.19. The van der Waals surface area contributed by atoms with Gasteiger partial charge in [-0.1, -0.05) is 11.3 Å². The number of hydrogen-bond acceptors (Lipinski definition) is 5. The van der Waals surface area contributed by atoms with Crippen molar-refractivity contribution in [2.24, 2.45) is 7.05 Å². The van der Waals surface area contributed by atoms with Crippen molar-refractivity contribution in [2.45, 2.75) is 25.3 Å². The van der Waals surface area contributed by atoms with E-state index in [9.17, 15) is 4.79 Å². The Balaban J connectivity index is 1.81. The number of aromatic nitrogens is 3. The molecular formula is C13H16N4OS. The van der Waals surface area contributed by atoms with Gasteiger partial charge in [0.05, 0.1) is 17.1 Å². The van der Waals surface area contributed by atoms with Gasteiger partial charge in [-0.15, -0.1) is 0 Å². The molecule has 0 N–H and O–H groups in total. The van der Waals surface area contributed by atoms with Crippen molar-refractivity contribution in [1.82, 2.24) is 14.5 Å². The second-order valence-electron chi connectivity index (χ2n) is 4.95. The topological polar surface area (TPSA) is 51.0 Å². The van der Waals surface area contributed by atoms with Gasteiger partial charge in [0.25, 0.3) is 0 Å². The first kappa shape index (κ1) is 12.3. The molecule has 1 aliphatic rings. The van der Waals surface area contributed by atoms with Crippen LogP contribution in [0.2, 0.25) is 0 Å². The molecule has 1 fully saturated rings. The van der Waals surface area contributed by atoms with Crippen LogP contribution in [0.1, 0.15) is 39.9 Å². The number of aldehydes is 1. The smallest absolute Gasteiger partial charge is 0.186 e. The molecule has 0 atom stereocenters. The molecule has 5 nitrogen and oxygen atoms in total. The van der Waals surface area contributed by atoms with Gasteiger partial charge in [0.1, 0.15) is 5.82 Å². The fourth-order valence-corrected chi connectivity index (χ4v) is 2.98. The highest BCUT2D eigenvalue weighted by Gasteiger charge is 2.30. The maximum atomic E-state index is 11.1. The van der Waals surface area contributed by atoms with E-state index in [1.807, 2.05) is 29.8 Å². The number of aryl methyl sites for hydroxylation is 1. The third kappa shape index (κ3) is 2.40. The van der Waals surface area contributed by atoms with Crippen LogP contribution in [-0.4, -0.2) is 27.9 Å². The Morgan fingerprint density at radius 2 is 2.37 bits per heavy atom. The number of anilines is 1. The van der Waals surface area contributed by atoms with E-state index in [4.69, 9.17) is 0 Å². The van der Waals surface area contributed by atoms with Crippen molar-refractivity contribution in [1.29, 1.82) is 0 Å². The Morgan fingerprint density at radius 3 is 2.95 bits per heavy atom. The average molecular weight is 276 g/mol. The Labute approximate surface area is 115 Å². The predicted molar refractivity (Wildman–Crippen MR) is 74.8 cm³/mol. The van der Waals surface area contributed by atoms with Crippen LogP contribution in [-0.2, 0) is 13.6 Å². The molecule has 6 heteroatoms. The molecule has 19 heavy (non-hydrogen) atoms. The summed E-state index contributed by atoms with van der Waals surface area (Å²) < 4.78 is 1.99. The Morgan fingerprint density at radius 1 is 1.58 bits per heavy atom. The van der Waals surface area contributed by atoms with E-state index in [2.05, 4.69) is 9.97 Å². The quantitative estimate of drug-likeness (QED) is 0.786. The lowest BCUT2D eigenvalue weighted by Crippen LogP contribution is -2.18. The molecule has 0 spiro atoms. The van der Waals surface area contributed by atoms with Crippen LogP contribution in [0.5, 0.6) is 0 Å². The first-order valence-electron chi connectivity index (χ1n) is 6.32. The molecule has 2 aromatic heterocycles. The van der Waals surface area contributed by atoms with E-state index in [1.54, 1.807) is 6.20 Å². The van der Waals surface area contributed by atoms with Crippen molar-refractivity contribution in [3.05, 3.63) is 28.8 Å². The fourth-order valence-electron chi connectivity index (χ4n) is 2.06. The van der Waals surface area contributed by atoms with Crippen molar-refractivity contribution in [3.63, 3.8) is 0 Å². The maximum Gasteiger partial charge on any atom is 0.186 e. The van der Waals surface area contributed by atoms with E-state index in [0.717, 1.165) is 40.7 Å². The monoisotopic (exact) mass is 276 g/mol. The zero-order valence-electron chi connectivity index (χ0n) is 11.0. The first-order valence-corrected chi connectivity index (χ1v) is 7.14. The molecule has 0 aromatic carbocycles. The Kier molecular flexibility index (Phi) is 3.10. The van der Waals surface area contributed by atoms with Crippen LogP contribution in [0.4, 0.5) is 5.13 Å². The predicted octanol–water partition coefficient (Wildman–Crippen LogP) is 2.20. The molecule has 0 amide bonds. The number of thiazole rings is 1. The zero-order valence-corrected chi connectivity index (χ0v) is 11.9. The molecule has 100 valence electrons. The van der Waals surface area contributed by atoms with Gasteiger partial charge in [-0.05, 0) is 12.8 Å². The van der Waals surface area contributed by atoms with Crippen LogP contribution in [0.3, 0.4) is 0 Å². The van der Waals surface area contributed by atoms with Crippen LogP contribution < -0.4 is 4.90 Å². The molecule has 3 rings (SSSR count). The normalized spacial score (nSPS) is 14.6. The summed E-state index contributed by atoms with van der Waals surface area (Å²) in [5, 5.41) is 0.895. The molecule has 0 unspecified atom stereocenters. The van der Waals surface area contributed by atoms with Crippen molar-refractivity contribution >= 4 is 22.8 Å². The number of hydrogen-bond donors (Lipinski definition) is 0. The SMILES string of the molecule is CN(Cc1nccn1C)c1nc(C2CC2)c(C=O)s1. The second kappa shape index (κ2) is 4.77. The average Bonchev–Trinajstić information content (AvgIpc) is 3.03. The molecule has 1 saturated carbocycles. The summed E-state index contributed by atoms with van der Waals surface area (Å²) in [6, 6.07) is 0. The summed E-state index contributed by atoms with van der Waals surface area (Å²) in [5.41, 5.74) is 0.988. The van der Waals surface area contributed by atoms with Crippen molar-refractivity contribution in [3.8, 4) is 0 Å². The van der Waals surface area contributed by atoms with E-state index in [-0.39, 0.29) is 0 Å². The summed E-state index contributed by atoms with van der Waals surface area (Å²) >= 11 is 1.47. The van der Waals surface area contributed by atoms with E-state index < -0.39 is 0 Å². The minimum absolute atomic E-state index is 0.506. The second-order valence-corrected chi connectivity index (χ2v) is 5.96. The Bertz CT molecular complexity index is 600. The largest absolute Gasteiger partial charge is 0.344 e. The number of carbonyl (C=O) groups is 1. The van der Waals surface area contributed by atoms with Gasteiger partial charge < -0.3 is 9.47 Å². The number of rotatable bonds is 5. The lowest BCUT2D eigenvalue weighted by Gasteiger charge is -2.15. The van der Waals surface area contributed by atoms with Crippen molar-refractivity contribution < 1.29 is 4.79 Å². The summed E-state index contributed by atoms with van der Waals surface area (Å²) in [6.45, 7) is 0.694. The van der Waals surface area contributed by atoms with E-state index >= 15 is 0 Å². The molecule has 2 aromatic rings. The molecule has 1 aliphatic carbocycles. The fraction of sp³-hybridized carbons (Fsp3) is 0.462. The molecule has 0 radical (unpaired) electrons. The molecular weight excluding hydrogens is 260 g/mol. The highest BCUT2D eigenvalue weighted by Crippen LogP contribution is 2.43. The highest BCUT2D eigenvalue weighted by molar-refractivity contribution is 7.17. The summed E-state index contributed by atoms with van der Waals surface area (Å²) in [5.74, 6) is 1.49. The van der Waals surface area contributed by atoms with Gasteiger partial charge in [0.15, 0.2) is 11.4 Å². The van der Waals surface area contributed by atoms with Crippen LogP contribution >= 0.6 is 11.3 Å². The summed E-state index contributed by atoms with van der Waals surface area (Å²) in [7, 11) is 3.96. The van der Waals surface area contributed by atoms with Crippen molar-refractivity contribution in [2.75, 3.05) is 11.9 Å². The number of imidazole rings is 1. The number of carbonyl (C=O) groups excluding carboxylic acids is 1. The maximum absolute atomic E-state index is 11.1.